The van der Waals surface area contributed by atoms with Crippen LogP contribution in [0.5, 0.6) is 6.01 Å². The molecule has 0 aromatic carbocycles. The minimum Gasteiger partial charge on any atom is -0.467 e. The molecule has 0 aliphatic carbocycles. The maximum absolute atomic E-state index is 10.2. The standard InChI is InChI=1S/C3H5N3O2/c1-8-3-4-2(7)5-6-3/h1H3,(H2,4,5,6,7). The van der Waals surface area contributed by atoms with Gasteiger partial charge in [0.05, 0.1) is 7.11 Å². The molecule has 5 nitrogen and oxygen atoms in total. The van der Waals surface area contributed by atoms with Crippen LogP contribution in [0.15, 0.2) is 4.79 Å². The molecule has 0 aliphatic heterocycles. The van der Waals surface area contributed by atoms with Crippen molar-refractivity contribution in [3.8, 4) is 6.01 Å². The average molecular weight is 115 g/mol. The highest BCUT2D eigenvalue weighted by molar-refractivity contribution is 4.84. The van der Waals surface area contributed by atoms with Gasteiger partial charge in [-0.15, -0.1) is 5.10 Å². The summed E-state index contributed by atoms with van der Waals surface area (Å²) in [7, 11) is 1.42. The summed E-state index contributed by atoms with van der Waals surface area (Å²) < 4.78 is 4.54. The van der Waals surface area contributed by atoms with E-state index in [0.29, 0.717) is 0 Å². The number of rotatable bonds is 1. The summed E-state index contributed by atoms with van der Waals surface area (Å²) >= 11 is 0. The minimum absolute atomic E-state index is 0.204. The molecule has 0 radical (unpaired) electrons. The van der Waals surface area contributed by atoms with Crippen LogP contribution < -0.4 is 10.4 Å². The van der Waals surface area contributed by atoms with E-state index in [1.165, 1.54) is 7.11 Å². The van der Waals surface area contributed by atoms with Crippen molar-refractivity contribution in [3.63, 3.8) is 0 Å². The van der Waals surface area contributed by atoms with Crippen LogP contribution in [0.25, 0.3) is 0 Å². The van der Waals surface area contributed by atoms with Gasteiger partial charge in [0.1, 0.15) is 0 Å². The fraction of sp³-hybridized carbons (Fsp3) is 0.333. The Morgan fingerprint density at radius 3 is 2.75 bits per heavy atom. The summed E-state index contributed by atoms with van der Waals surface area (Å²) in [5.41, 5.74) is -0.359. The number of nitrogens with one attached hydrogen (secondary N) is 2. The molecule has 0 atom stereocenters. The summed E-state index contributed by atoms with van der Waals surface area (Å²) in [4.78, 5) is 12.5. The van der Waals surface area contributed by atoms with Gasteiger partial charge in [0.2, 0.25) is 0 Å². The van der Waals surface area contributed by atoms with Crippen LogP contribution in [-0.2, 0) is 0 Å². The van der Waals surface area contributed by atoms with Gasteiger partial charge in [0.25, 0.3) is 0 Å². The summed E-state index contributed by atoms with van der Waals surface area (Å²) in [6.07, 6.45) is 0. The number of aromatic amines is 2. The fourth-order valence-corrected chi connectivity index (χ4v) is 0.351. The first-order valence-corrected chi connectivity index (χ1v) is 2.01. The van der Waals surface area contributed by atoms with Crippen molar-refractivity contribution in [2.24, 2.45) is 0 Å². The first kappa shape index (κ1) is 4.89. The second-order valence-corrected chi connectivity index (χ2v) is 1.19. The Labute approximate surface area is 44.7 Å². The van der Waals surface area contributed by atoms with Crippen molar-refractivity contribution in [2.45, 2.75) is 0 Å². The molecule has 1 aromatic rings. The van der Waals surface area contributed by atoms with Crippen LogP contribution in [0.2, 0.25) is 0 Å². The van der Waals surface area contributed by atoms with E-state index < -0.39 is 0 Å². The number of H-pyrrole nitrogens is 2. The summed E-state index contributed by atoms with van der Waals surface area (Å²) in [6, 6.07) is 0.204. The monoisotopic (exact) mass is 115 g/mol. The molecule has 2 N–H and O–H groups in total. The first-order valence-electron chi connectivity index (χ1n) is 2.01. The van der Waals surface area contributed by atoms with Crippen molar-refractivity contribution in [1.29, 1.82) is 0 Å². The molecule has 0 spiro atoms. The Hall–Kier alpha value is -1.26. The zero-order valence-electron chi connectivity index (χ0n) is 4.26. The van der Waals surface area contributed by atoms with Gasteiger partial charge in [-0.3, -0.25) is 4.98 Å². The normalized spacial score (nSPS) is 9.12. The Morgan fingerprint density at radius 1 is 1.75 bits per heavy atom. The zero-order chi connectivity index (χ0) is 5.98. The third-order valence-electron chi connectivity index (χ3n) is 0.673. The van der Waals surface area contributed by atoms with E-state index in [4.69, 9.17) is 0 Å². The summed E-state index contributed by atoms with van der Waals surface area (Å²) in [6.45, 7) is 0. The number of methoxy groups -OCH3 is 1. The molecule has 44 valence electrons. The largest absolute Gasteiger partial charge is 0.467 e. The van der Waals surface area contributed by atoms with Gasteiger partial charge in [-0.05, 0) is 0 Å². The second kappa shape index (κ2) is 1.69. The van der Waals surface area contributed by atoms with Gasteiger partial charge in [0, 0.05) is 0 Å². The van der Waals surface area contributed by atoms with Gasteiger partial charge >= 0.3 is 11.7 Å². The van der Waals surface area contributed by atoms with Gasteiger partial charge < -0.3 is 4.74 Å². The number of aromatic nitrogens is 3. The van der Waals surface area contributed by atoms with Crippen LogP contribution in [-0.4, -0.2) is 22.3 Å². The van der Waals surface area contributed by atoms with Crippen molar-refractivity contribution in [3.05, 3.63) is 10.5 Å². The molecule has 1 heterocycles. The van der Waals surface area contributed by atoms with E-state index in [9.17, 15) is 4.79 Å². The molecular formula is C3H5N3O2. The fourth-order valence-electron chi connectivity index (χ4n) is 0.351. The van der Waals surface area contributed by atoms with Crippen molar-refractivity contribution >= 4 is 0 Å². The predicted octanol–water partition coefficient (Wildman–Crippen LogP) is -0.893. The molecule has 0 fully saturated rings. The Balaban J connectivity index is 3.01. The number of nitrogens with zero attached hydrogens (tertiary/aromatic N) is 1. The third kappa shape index (κ3) is 0.699. The van der Waals surface area contributed by atoms with Crippen molar-refractivity contribution in [1.82, 2.24) is 15.2 Å². The second-order valence-electron chi connectivity index (χ2n) is 1.19. The lowest BCUT2D eigenvalue weighted by molar-refractivity contribution is 0.381. The minimum atomic E-state index is -0.359. The van der Waals surface area contributed by atoms with Gasteiger partial charge in [-0.25, -0.2) is 9.89 Å². The van der Waals surface area contributed by atoms with Crippen LogP contribution in [0.3, 0.4) is 0 Å². The Kier molecular flexibility index (Phi) is 1.03. The molecule has 5 heteroatoms. The third-order valence-corrected chi connectivity index (χ3v) is 0.673. The molecule has 1 rings (SSSR count). The van der Waals surface area contributed by atoms with Crippen LogP contribution in [0, 0.1) is 0 Å². The Morgan fingerprint density at radius 2 is 2.50 bits per heavy atom. The summed E-state index contributed by atoms with van der Waals surface area (Å²) in [5.74, 6) is 0. The molecular weight excluding hydrogens is 110 g/mol. The Bertz CT molecular complexity index is 212. The molecule has 0 amide bonds. The number of hydrogen-bond acceptors (Lipinski definition) is 3. The first-order chi connectivity index (χ1) is 3.83. The van der Waals surface area contributed by atoms with E-state index in [0.717, 1.165) is 0 Å². The van der Waals surface area contributed by atoms with E-state index in [1.54, 1.807) is 0 Å². The van der Waals surface area contributed by atoms with E-state index in [-0.39, 0.29) is 11.7 Å². The number of hydrogen-bond donors (Lipinski definition) is 2. The molecule has 0 saturated heterocycles. The molecule has 0 saturated carbocycles. The quantitative estimate of drug-likeness (QED) is 0.498. The molecule has 0 aliphatic rings. The van der Waals surface area contributed by atoms with Crippen LogP contribution in [0.1, 0.15) is 0 Å². The molecule has 1 aromatic heterocycles. The van der Waals surface area contributed by atoms with Crippen LogP contribution in [0.4, 0.5) is 0 Å². The van der Waals surface area contributed by atoms with Gasteiger partial charge in [0.15, 0.2) is 0 Å². The van der Waals surface area contributed by atoms with Crippen molar-refractivity contribution < 1.29 is 4.74 Å². The predicted molar refractivity (Wildman–Crippen MR) is 25.8 cm³/mol. The van der Waals surface area contributed by atoms with E-state index >= 15 is 0 Å². The topological polar surface area (TPSA) is 70.8 Å². The maximum atomic E-state index is 10.2. The zero-order valence-corrected chi connectivity index (χ0v) is 4.26. The highest BCUT2D eigenvalue weighted by Gasteiger charge is 1.90. The lowest BCUT2D eigenvalue weighted by Crippen LogP contribution is -2.00. The lowest BCUT2D eigenvalue weighted by atomic mass is 11.2. The molecule has 0 bridgehead atoms. The van der Waals surface area contributed by atoms with Crippen molar-refractivity contribution in [2.75, 3.05) is 7.11 Å². The van der Waals surface area contributed by atoms with Crippen LogP contribution >= 0.6 is 0 Å². The molecule has 0 unspecified atom stereocenters. The highest BCUT2D eigenvalue weighted by Crippen LogP contribution is 1.87. The van der Waals surface area contributed by atoms with E-state index in [1.807, 2.05) is 0 Å². The van der Waals surface area contributed by atoms with Gasteiger partial charge in [-0.2, -0.15) is 0 Å². The smallest absolute Gasteiger partial charge is 0.343 e. The average Bonchev–Trinajstić information content (AvgIpc) is 2.14. The summed E-state index contributed by atoms with van der Waals surface area (Å²) in [5, 5.41) is 5.55. The SMILES string of the molecule is COc1n[nH]c(=O)[nH]1. The van der Waals surface area contributed by atoms with Gasteiger partial charge in [-0.1, -0.05) is 0 Å². The highest BCUT2D eigenvalue weighted by atomic mass is 16.5. The lowest BCUT2D eigenvalue weighted by Gasteiger charge is -1.83. The molecule has 8 heavy (non-hydrogen) atoms. The maximum Gasteiger partial charge on any atom is 0.343 e. The van der Waals surface area contributed by atoms with E-state index in [2.05, 4.69) is 19.9 Å². The number of ether oxygens (including phenoxy) is 1.